The summed E-state index contributed by atoms with van der Waals surface area (Å²) in [6.07, 6.45) is 0.0725. The summed E-state index contributed by atoms with van der Waals surface area (Å²) in [4.78, 5) is 14.7. The monoisotopic (exact) mass is 485 g/mol. The molecule has 0 N–H and O–H groups in total. The van der Waals surface area contributed by atoms with Gasteiger partial charge in [-0.1, -0.05) is 63.2 Å². The van der Waals surface area contributed by atoms with Gasteiger partial charge in [-0.25, -0.2) is 4.79 Å². The third kappa shape index (κ3) is 6.84. The van der Waals surface area contributed by atoms with Crippen LogP contribution in [0.25, 0.3) is 0 Å². The number of methoxy groups -OCH3 is 1. The van der Waals surface area contributed by atoms with Crippen LogP contribution in [0.15, 0.2) is 54.6 Å². The zero-order valence-electron chi connectivity index (χ0n) is 21.4. The minimum Gasteiger partial charge on any atom is -0.497 e. The van der Waals surface area contributed by atoms with E-state index in [4.69, 9.17) is 18.6 Å². The Morgan fingerprint density at radius 3 is 2.29 bits per heavy atom. The molecule has 1 aliphatic rings. The summed E-state index contributed by atoms with van der Waals surface area (Å²) < 4.78 is 23.5. The van der Waals surface area contributed by atoms with Crippen molar-refractivity contribution >= 4 is 14.4 Å². The van der Waals surface area contributed by atoms with Gasteiger partial charge >= 0.3 is 6.09 Å². The number of amides is 1. The van der Waals surface area contributed by atoms with Crippen molar-refractivity contribution in [3.8, 4) is 5.75 Å². The number of rotatable bonds is 11. The van der Waals surface area contributed by atoms with Crippen molar-refractivity contribution in [2.45, 2.75) is 70.6 Å². The van der Waals surface area contributed by atoms with Crippen LogP contribution in [0.5, 0.6) is 5.75 Å². The molecule has 34 heavy (non-hydrogen) atoms. The van der Waals surface area contributed by atoms with Gasteiger partial charge in [0.05, 0.1) is 33.0 Å². The third-order valence-electron chi connectivity index (χ3n) is 6.91. The topological polar surface area (TPSA) is 57.2 Å². The predicted molar refractivity (Wildman–Crippen MR) is 136 cm³/mol. The average Bonchev–Trinajstić information content (AvgIpc) is 3.09. The summed E-state index contributed by atoms with van der Waals surface area (Å²) >= 11 is 0. The molecule has 1 fully saturated rings. The minimum absolute atomic E-state index is 0.0949. The van der Waals surface area contributed by atoms with E-state index < -0.39 is 8.32 Å². The highest BCUT2D eigenvalue weighted by molar-refractivity contribution is 6.74. The molecule has 2 aromatic rings. The smallest absolute Gasteiger partial charge is 0.410 e. The molecule has 1 heterocycles. The molecule has 2 atom stereocenters. The predicted octanol–water partition coefficient (Wildman–Crippen LogP) is 6.01. The van der Waals surface area contributed by atoms with Crippen LogP contribution in [0, 0.1) is 0 Å². The normalized spacial score (nSPS) is 18.8. The molecule has 186 valence electrons. The lowest BCUT2D eigenvalue weighted by Gasteiger charge is -2.38. The highest BCUT2D eigenvalue weighted by atomic mass is 28.4. The van der Waals surface area contributed by atoms with Crippen molar-refractivity contribution in [2.75, 3.05) is 20.3 Å². The first-order valence-corrected chi connectivity index (χ1v) is 14.9. The molecule has 1 aliphatic heterocycles. The van der Waals surface area contributed by atoms with Crippen LogP contribution in [-0.4, -0.2) is 51.8 Å². The largest absolute Gasteiger partial charge is 0.497 e. The van der Waals surface area contributed by atoms with Crippen LogP contribution in [-0.2, 0) is 27.1 Å². The van der Waals surface area contributed by atoms with Crippen molar-refractivity contribution in [3.63, 3.8) is 0 Å². The summed E-state index contributed by atoms with van der Waals surface area (Å²) in [5, 5.41) is 0.0949. The summed E-state index contributed by atoms with van der Waals surface area (Å²) in [5.41, 5.74) is 2.15. The Morgan fingerprint density at radius 1 is 1.00 bits per heavy atom. The van der Waals surface area contributed by atoms with Gasteiger partial charge in [0.1, 0.15) is 11.9 Å². The lowest BCUT2D eigenvalue weighted by molar-refractivity contribution is 0.0604. The van der Waals surface area contributed by atoms with E-state index in [2.05, 4.69) is 33.9 Å². The van der Waals surface area contributed by atoms with Gasteiger partial charge in [0, 0.05) is 13.0 Å². The molecule has 7 heteroatoms. The second-order valence-corrected chi connectivity index (χ2v) is 15.2. The summed E-state index contributed by atoms with van der Waals surface area (Å²) in [5.74, 6) is 0.824. The van der Waals surface area contributed by atoms with Crippen molar-refractivity contribution < 1.29 is 23.4 Å². The van der Waals surface area contributed by atoms with Crippen LogP contribution < -0.4 is 4.74 Å². The Hall–Kier alpha value is -2.35. The Bertz CT molecular complexity index is 911. The van der Waals surface area contributed by atoms with Crippen molar-refractivity contribution in [2.24, 2.45) is 0 Å². The molecule has 1 saturated heterocycles. The third-order valence-corrected chi connectivity index (χ3v) is 11.4. The van der Waals surface area contributed by atoms with Crippen LogP contribution >= 0.6 is 0 Å². The molecule has 3 rings (SSSR count). The number of carbonyl (C=O) groups excluding carboxylic acids is 1. The van der Waals surface area contributed by atoms with E-state index in [1.54, 1.807) is 7.11 Å². The van der Waals surface area contributed by atoms with E-state index in [1.165, 1.54) is 0 Å². The average molecular weight is 486 g/mol. The fraction of sp³-hybridized carbons (Fsp3) is 0.519. The Labute approximate surface area is 205 Å². The first-order chi connectivity index (χ1) is 16.1. The van der Waals surface area contributed by atoms with Crippen LogP contribution in [0.1, 0.15) is 38.3 Å². The first kappa shape index (κ1) is 26.3. The molecule has 0 spiro atoms. The van der Waals surface area contributed by atoms with E-state index in [1.807, 2.05) is 59.5 Å². The quantitative estimate of drug-likeness (QED) is 0.288. The first-order valence-electron chi connectivity index (χ1n) is 12.0. The number of nitrogens with zero attached hydrogens (tertiary/aromatic N) is 1. The van der Waals surface area contributed by atoms with Gasteiger partial charge in [0.15, 0.2) is 8.32 Å². The summed E-state index contributed by atoms with van der Waals surface area (Å²) in [6.45, 7) is 13.1. The number of cyclic esters (lactones) is 1. The second kappa shape index (κ2) is 11.4. The number of carbonyl (C=O) groups is 1. The summed E-state index contributed by atoms with van der Waals surface area (Å²) in [6, 6.07) is 17.7. The number of hydrogen-bond acceptors (Lipinski definition) is 5. The zero-order valence-corrected chi connectivity index (χ0v) is 22.4. The van der Waals surface area contributed by atoms with Gasteiger partial charge in [-0.2, -0.15) is 0 Å². The van der Waals surface area contributed by atoms with Gasteiger partial charge in [0.2, 0.25) is 0 Å². The Balaban J connectivity index is 1.63. The standard InChI is InChI=1S/C27H39NO5Si/c1-27(2,3)34(5,6)32-20-24-25(16-17-31-19-22-12-14-23(30-4)15-13-22)33-26(29)28(24)18-21-10-8-7-9-11-21/h7-15,24-25H,16-20H2,1-6H3/t24-,25-/m1/s1. The zero-order chi connectivity index (χ0) is 24.8. The van der Waals surface area contributed by atoms with E-state index in [0.717, 1.165) is 16.9 Å². The van der Waals surface area contributed by atoms with Crippen molar-refractivity contribution in [1.29, 1.82) is 0 Å². The van der Waals surface area contributed by atoms with Gasteiger partial charge in [-0.3, -0.25) is 4.90 Å². The molecule has 0 unspecified atom stereocenters. The van der Waals surface area contributed by atoms with Crippen molar-refractivity contribution in [3.05, 3.63) is 65.7 Å². The summed E-state index contributed by atoms with van der Waals surface area (Å²) in [7, 11) is -0.317. The molecule has 1 amide bonds. The van der Waals surface area contributed by atoms with Crippen LogP contribution in [0.4, 0.5) is 4.79 Å². The second-order valence-electron chi connectivity index (χ2n) is 10.4. The van der Waals surface area contributed by atoms with E-state index in [9.17, 15) is 4.79 Å². The lowest BCUT2D eigenvalue weighted by Crippen LogP contribution is -2.47. The Morgan fingerprint density at radius 2 is 1.68 bits per heavy atom. The molecule has 0 saturated carbocycles. The van der Waals surface area contributed by atoms with Gasteiger partial charge in [0.25, 0.3) is 0 Å². The van der Waals surface area contributed by atoms with Crippen LogP contribution in [0.3, 0.4) is 0 Å². The lowest BCUT2D eigenvalue weighted by atomic mass is 10.1. The van der Waals surface area contributed by atoms with E-state index in [0.29, 0.717) is 32.8 Å². The maximum absolute atomic E-state index is 12.8. The van der Waals surface area contributed by atoms with Gasteiger partial charge < -0.3 is 18.6 Å². The number of hydrogen-bond donors (Lipinski definition) is 0. The minimum atomic E-state index is -1.97. The van der Waals surface area contributed by atoms with Crippen LogP contribution in [0.2, 0.25) is 18.1 Å². The molecule has 0 radical (unpaired) electrons. The Kier molecular flexibility index (Phi) is 8.79. The van der Waals surface area contributed by atoms with Gasteiger partial charge in [-0.05, 0) is 41.4 Å². The molecule has 6 nitrogen and oxygen atoms in total. The fourth-order valence-electron chi connectivity index (χ4n) is 3.64. The molecular formula is C27H39NO5Si. The van der Waals surface area contributed by atoms with E-state index in [-0.39, 0.29) is 23.3 Å². The maximum atomic E-state index is 12.8. The van der Waals surface area contributed by atoms with E-state index >= 15 is 0 Å². The highest BCUT2D eigenvalue weighted by Gasteiger charge is 2.44. The SMILES string of the molecule is COc1ccc(COCC[C@H]2OC(=O)N(Cc3ccccc3)[C@@H]2CO[Si](C)(C)C(C)(C)C)cc1. The molecule has 0 bridgehead atoms. The molecule has 0 aromatic heterocycles. The number of benzene rings is 2. The molecule has 2 aromatic carbocycles. The van der Waals surface area contributed by atoms with Gasteiger partial charge in [-0.15, -0.1) is 0 Å². The van der Waals surface area contributed by atoms with Crippen molar-refractivity contribution in [1.82, 2.24) is 4.90 Å². The fourth-order valence-corrected chi connectivity index (χ4v) is 4.66. The molecule has 0 aliphatic carbocycles. The highest BCUT2D eigenvalue weighted by Crippen LogP contribution is 2.37. The number of ether oxygens (including phenoxy) is 3. The molecular weight excluding hydrogens is 446 g/mol. The maximum Gasteiger partial charge on any atom is 0.410 e.